The molecule has 2 rings (SSSR count). The number of ether oxygens (including phenoxy) is 2. The predicted molar refractivity (Wildman–Crippen MR) is 75.3 cm³/mol. The van der Waals surface area contributed by atoms with Crippen LogP contribution in [0, 0.1) is 5.92 Å². The number of methoxy groups -OCH3 is 2. The molecule has 0 saturated carbocycles. The molecule has 0 radical (unpaired) electrons. The Bertz CT molecular complexity index is 570. The van der Waals surface area contributed by atoms with E-state index in [2.05, 4.69) is 22.4 Å². The predicted octanol–water partition coefficient (Wildman–Crippen LogP) is 1.21. The number of hydrogen-bond donors (Lipinski definition) is 1. The van der Waals surface area contributed by atoms with Gasteiger partial charge in [0.1, 0.15) is 5.75 Å². The van der Waals surface area contributed by atoms with Crippen LogP contribution in [-0.2, 0) is 11.3 Å². The van der Waals surface area contributed by atoms with Crippen molar-refractivity contribution >= 4 is 5.69 Å². The van der Waals surface area contributed by atoms with Gasteiger partial charge in [-0.3, -0.25) is 0 Å². The van der Waals surface area contributed by atoms with E-state index in [4.69, 9.17) is 15.2 Å². The molecule has 1 atom stereocenters. The SMILES string of the molecule is COCC(C)Cn1nnnc1-c1cc(N)ccc1OC. The lowest BCUT2D eigenvalue weighted by atomic mass is 10.1. The Morgan fingerprint density at radius 1 is 1.35 bits per heavy atom. The monoisotopic (exact) mass is 277 g/mol. The number of aromatic nitrogens is 4. The average molecular weight is 277 g/mol. The average Bonchev–Trinajstić information content (AvgIpc) is 2.86. The minimum absolute atomic E-state index is 0.300. The number of nitrogen functional groups attached to an aromatic ring is 1. The normalized spacial score (nSPS) is 12.3. The van der Waals surface area contributed by atoms with E-state index in [-0.39, 0.29) is 0 Å². The Kier molecular flexibility index (Phi) is 4.52. The fraction of sp³-hybridized carbons (Fsp3) is 0.462. The second-order valence-electron chi connectivity index (χ2n) is 4.70. The maximum atomic E-state index is 5.83. The highest BCUT2D eigenvalue weighted by Crippen LogP contribution is 2.30. The zero-order valence-corrected chi connectivity index (χ0v) is 11.9. The van der Waals surface area contributed by atoms with Gasteiger partial charge in [0.15, 0.2) is 5.82 Å². The highest BCUT2D eigenvalue weighted by molar-refractivity contribution is 5.68. The molecule has 0 aliphatic carbocycles. The van der Waals surface area contributed by atoms with E-state index in [9.17, 15) is 0 Å². The number of rotatable bonds is 6. The molecule has 0 amide bonds. The van der Waals surface area contributed by atoms with E-state index in [1.54, 1.807) is 25.0 Å². The zero-order chi connectivity index (χ0) is 14.5. The third-order valence-corrected chi connectivity index (χ3v) is 2.93. The number of nitrogens with two attached hydrogens (primary N) is 1. The summed E-state index contributed by atoms with van der Waals surface area (Å²) in [5, 5.41) is 11.8. The van der Waals surface area contributed by atoms with Crippen LogP contribution in [0.1, 0.15) is 6.92 Å². The van der Waals surface area contributed by atoms with Gasteiger partial charge < -0.3 is 15.2 Å². The van der Waals surface area contributed by atoms with Crippen LogP contribution in [0.3, 0.4) is 0 Å². The first-order valence-electron chi connectivity index (χ1n) is 6.34. The van der Waals surface area contributed by atoms with Crippen molar-refractivity contribution < 1.29 is 9.47 Å². The Labute approximate surface area is 117 Å². The van der Waals surface area contributed by atoms with Gasteiger partial charge in [-0.25, -0.2) is 4.68 Å². The lowest BCUT2D eigenvalue weighted by Gasteiger charge is -2.13. The van der Waals surface area contributed by atoms with E-state index in [1.807, 2.05) is 12.1 Å². The minimum atomic E-state index is 0.300. The summed E-state index contributed by atoms with van der Waals surface area (Å²) in [6.07, 6.45) is 0. The molecule has 2 aromatic rings. The molecule has 1 aromatic carbocycles. The summed E-state index contributed by atoms with van der Waals surface area (Å²) in [5.41, 5.74) is 7.25. The fourth-order valence-electron chi connectivity index (χ4n) is 2.05. The van der Waals surface area contributed by atoms with Gasteiger partial charge in [0.25, 0.3) is 0 Å². The molecule has 0 aliphatic rings. The van der Waals surface area contributed by atoms with Gasteiger partial charge in [0.05, 0.1) is 19.3 Å². The van der Waals surface area contributed by atoms with Crippen molar-refractivity contribution in [2.45, 2.75) is 13.5 Å². The molecule has 108 valence electrons. The molecule has 7 nitrogen and oxygen atoms in total. The number of benzene rings is 1. The Hall–Kier alpha value is -2.15. The van der Waals surface area contributed by atoms with Gasteiger partial charge in [0, 0.05) is 19.3 Å². The van der Waals surface area contributed by atoms with E-state index < -0.39 is 0 Å². The van der Waals surface area contributed by atoms with Crippen LogP contribution in [0.15, 0.2) is 18.2 Å². The number of tetrazole rings is 1. The lowest BCUT2D eigenvalue weighted by molar-refractivity contribution is 0.149. The topological polar surface area (TPSA) is 88.1 Å². The molecule has 1 aromatic heterocycles. The van der Waals surface area contributed by atoms with Crippen molar-refractivity contribution in [1.82, 2.24) is 20.2 Å². The van der Waals surface area contributed by atoms with Gasteiger partial charge in [-0.15, -0.1) is 5.10 Å². The van der Waals surface area contributed by atoms with E-state index in [1.165, 1.54) is 0 Å². The summed E-state index contributed by atoms with van der Waals surface area (Å²) in [4.78, 5) is 0. The quantitative estimate of drug-likeness (QED) is 0.798. The van der Waals surface area contributed by atoms with E-state index in [0.717, 1.165) is 5.56 Å². The first-order valence-corrected chi connectivity index (χ1v) is 6.34. The molecular weight excluding hydrogens is 258 g/mol. The molecule has 20 heavy (non-hydrogen) atoms. The first kappa shape index (κ1) is 14.3. The number of anilines is 1. The van der Waals surface area contributed by atoms with Crippen molar-refractivity contribution in [2.75, 3.05) is 26.6 Å². The molecule has 2 N–H and O–H groups in total. The van der Waals surface area contributed by atoms with Crippen molar-refractivity contribution in [3.05, 3.63) is 18.2 Å². The van der Waals surface area contributed by atoms with Gasteiger partial charge in [-0.2, -0.15) is 0 Å². The molecule has 0 bridgehead atoms. The van der Waals surface area contributed by atoms with Gasteiger partial charge >= 0.3 is 0 Å². The smallest absolute Gasteiger partial charge is 0.185 e. The van der Waals surface area contributed by atoms with Crippen LogP contribution in [0.4, 0.5) is 5.69 Å². The van der Waals surface area contributed by atoms with Crippen LogP contribution in [-0.4, -0.2) is 41.0 Å². The number of nitrogens with zero attached hydrogens (tertiary/aromatic N) is 4. The highest BCUT2D eigenvalue weighted by atomic mass is 16.5. The van der Waals surface area contributed by atoms with Crippen molar-refractivity contribution in [3.63, 3.8) is 0 Å². The standard InChI is InChI=1S/C13H19N5O2/c1-9(8-19-2)7-18-13(15-16-17-18)11-6-10(14)4-5-12(11)20-3/h4-6,9H,7-8,14H2,1-3H3. The number of hydrogen-bond acceptors (Lipinski definition) is 6. The molecule has 1 unspecified atom stereocenters. The summed E-state index contributed by atoms with van der Waals surface area (Å²) in [6.45, 7) is 3.38. The second-order valence-corrected chi connectivity index (χ2v) is 4.70. The van der Waals surface area contributed by atoms with Gasteiger partial charge in [-0.05, 0) is 34.5 Å². The van der Waals surface area contributed by atoms with E-state index >= 15 is 0 Å². The summed E-state index contributed by atoms with van der Waals surface area (Å²) >= 11 is 0. The molecule has 0 fully saturated rings. The maximum Gasteiger partial charge on any atom is 0.185 e. The molecule has 1 heterocycles. The first-order chi connectivity index (χ1) is 9.65. The lowest BCUT2D eigenvalue weighted by Crippen LogP contribution is -2.15. The maximum absolute atomic E-state index is 5.83. The highest BCUT2D eigenvalue weighted by Gasteiger charge is 2.16. The van der Waals surface area contributed by atoms with Crippen LogP contribution < -0.4 is 10.5 Å². The van der Waals surface area contributed by atoms with Crippen LogP contribution in [0.5, 0.6) is 5.75 Å². The van der Waals surface area contributed by atoms with Crippen molar-refractivity contribution in [2.24, 2.45) is 5.92 Å². The summed E-state index contributed by atoms with van der Waals surface area (Å²) < 4.78 is 12.2. The molecule has 7 heteroatoms. The summed E-state index contributed by atoms with van der Waals surface area (Å²) in [7, 11) is 3.29. The van der Waals surface area contributed by atoms with Gasteiger partial charge in [-0.1, -0.05) is 6.92 Å². The molecule has 0 spiro atoms. The van der Waals surface area contributed by atoms with Crippen molar-refractivity contribution in [1.29, 1.82) is 0 Å². The largest absolute Gasteiger partial charge is 0.496 e. The van der Waals surface area contributed by atoms with Crippen LogP contribution in [0.25, 0.3) is 11.4 Å². The molecule has 0 saturated heterocycles. The fourth-order valence-corrected chi connectivity index (χ4v) is 2.05. The second kappa shape index (κ2) is 6.33. The summed E-state index contributed by atoms with van der Waals surface area (Å²) in [5.74, 6) is 1.63. The molecular formula is C13H19N5O2. The third kappa shape index (κ3) is 3.05. The third-order valence-electron chi connectivity index (χ3n) is 2.93. The minimum Gasteiger partial charge on any atom is -0.496 e. The van der Waals surface area contributed by atoms with Crippen LogP contribution in [0.2, 0.25) is 0 Å². The summed E-state index contributed by atoms with van der Waals surface area (Å²) in [6, 6.07) is 5.40. The Balaban J connectivity index is 2.34. The van der Waals surface area contributed by atoms with E-state index in [0.29, 0.717) is 36.3 Å². The van der Waals surface area contributed by atoms with Crippen LogP contribution >= 0.6 is 0 Å². The molecule has 0 aliphatic heterocycles. The Morgan fingerprint density at radius 3 is 2.85 bits per heavy atom. The van der Waals surface area contributed by atoms with Gasteiger partial charge in [0.2, 0.25) is 0 Å². The Morgan fingerprint density at radius 2 is 2.15 bits per heavy atom. The zero-order valence-electron chi connectivity index (χ0n) is 11.9. The van der Waals surface area contributed by atoms with Crippen molar-refractivity contribution in [3.8, 4) is 17.1 Å².